The van der Waals surface area contributed by atoms with Crippen LogP contribution in [0.25, 0.3) is 0 Å². The molecule has 3 aliphatic rings. The van der Waals surface area contributed by atoms with Gasteiger partial charge in [-0.05, 0) is 43.9 Å². The summed E-state index contributed by atoms with van der Waals surface area (Å²) in [4.78, 5) is 0. The van der Waals surface area contributed by atoms with E-state index in [2.05, 4.69) is 0 Å². The number of aliphatic hydroxyl groups is 1. The van der Waals surface area contributed by atoms with Gasteiger partial charge in [-0.1, -0.05) is 0 Å². The zero-order valence-corrected chi connectivity index (χ0v) is 7.28. The van der Waals surface area contributed by atoms with Gasteiger partial charge in [0.2, 0.25) is 0 Å². The molecule has 0 amide bonds. The summed E-state index contributed by atoms with van der Waals surface area (Å²) in [5.41, 5.74) is 0. The molecule has 1 N–H and O–H groups in total. The standard InChI is InChI=1S/C10H16O2/c11-8-2-1-6-4-9-10(12-9)5-7(6)3-8/h6-11H,1-5H2. The molecule has 0 aromatic rings. The molecule has 3 fully saturated rings. The van der Waals surface area contributed by atoms with Gasteiger partial charge in [0.15, 0.2) is 0 Å². The van der Waals surface area contributed by atoms with Crippen molar-refractivity contribution < 1.29 is 9.84 Å². The third kappa shape index (κ3) is 1.09. The highest BCUT2D eigenvalue weighted by Crippen LogP contribution is 2.48. The predicted molar refractivity (Wildman–Crippen MR) is 44.7 cm³/mol. The zero-order chi connectivity index (χ0) is 8.13. The van der Waals surface area contributed by atoms with E-state index < -0.39 is 0 Å². The predicted octanol–water partition coefficient (Wildman–Crippen LogP) is 1.32. The van der Waals surface area contributed by atoms with E-state index in [1.54, 1.807) is 0 Å². The van der Waals surface area contributed by atoms with Crippen molar-refractivity contribution in [1.29, 1.82) is 0 Å². The van der Waals surface area contributed by atoms with Crippen LogP contribution >= 0.6 is 0 Å². The third-order valence-electron chi connectivity index (χ3n) is 3.87. The Labute approximate surface area is 72.9 Å². The van der Waals surface area contributed by atoms with Crippen molar-refractivity contribution in [2.24, 2.45) is 11.8 Å². The molecule has 1 saturated heterocycles. The van der Waals surface area contributed by atoms with Crippen LogP contribution in [0.2, 0.25) is 0 Å². The molecule has 0 bridgehead atoms. The van der Waals surface area contributed by atoms with Gasteiger partial charge in [-0.3, -0.25) is 0 Å². The summed E-state index contributed by atoms with van der Waals surface area (Å²) in [5, 5.41) is 9.51. The third-order valence-corrected chi connectivity index (χ3v) is 3.87. The Kier molecular flexibility index (Phi) is 1.50. The molecule has 2 nitrogen and oxygen atoms in total. The van der Waals surface area contributed by atoms with Gasteiger partial charge in [0.1, 0.15) is 0 Å². The molecule has 12 heavy (non-hydrogen) atoms. The summed E-state index contributed by atoms with van der Waals surface area (Å²) in [6.45, 7) is 0. The average molecular weight is 168 g/mol. The number of fused-ring (bicyclic) bond motifs is 2. The highest BCUT2D eigenvalue weighted by molar-refractivity contribution is 4.98. The Morgan fingerprint density at radius 3 is 2.50 bits per heavy atom. The minimum Gasteiger partial charge on any atom is -0.393 e. The lowest BCUT2D eigenvalue weighted by Crippen LogP contribution is -2.32. The van der Waals surface area contributed by atoms with Crippen molar-refractivity contribution in [3.63, 3.8) is 0 Å². The van der Waals surface area contributed by atoms with Crippen LogP contribution in [0.15, 0.2) is 0 Å². The van der Waals surface area contributed by atoms with E-state index in [0.29, 0.717) is 12.2 Å². The molecule has 0 radical (unpaired) electrons. The molecule has 2 saturated carbocycles. The Bertz CT molecular complexity index is 188. The Hall–Kier alpha value is -0.0800. The molecule has 1 aliphatic heterocycles. The summed E-state index contributed by atoms with van der Waals surface area (Å²) in [5.74, 6) is 1.65. The number of epoxide rings is 1. The van der Waals surface area contributed by atoms with Crippen molar-refractivity contribution in [3.8, 4) is 0 Å². The molecule has 2 heteroatoms. The molecule has 0 aromatic heterocycles. The van der Waals surface area contributed by atoms with Crippen LogP contribution < -0.4 is 0 Å². The summed E-state index contributed by atoms with van der Waals surface area (Å²) >= 11 is 0. The first-order valence-electron chi connectivity index (χ1n) is 5.16. The summed E-state index contributed by atoms with van der Waals surface area (Å²) in [6, 6.07) is 0. The normalized spacial score (nSPS) is 57.2. The van der Waals surface area contributed by atoms with Gasteiger partial charge in [-0.2, -0.15) is 0 Å². The number of aliphatic hydroxyl groups excluding tert-OH is 1. The summed E-state index contributed by atoms with van der Waals surface area (Å²) in [7, 11) is 0. The fourth-order valence-electron chi connectivity index (χ4n) is 3.09. The summed E-state index contributed by atoms with van der Waals surface area (Å²) < 4.78 is 5.52. The van der Waals surface area contributed by atoms with Crippen LogP contribution in [0.5, 0.6) is 0 Å². The lowest BCUT2D eigenvalue weighted by atomic mass is 9.70. The molecule has 68 valence electrons. The molecule has 5 unspecified atom stereocenters. The SMILES string of the molecule is OC1CCC2CC3OC3CC2C1. The first-order chi connectivity index (χ1) is 5.83. The molecule has 3 rings (SSSR count). The van der Waals surface area contributed by atoms with E-state index in [4.69, 9.17) is 4.74 Å². The van der Waals surface area contributed by atoms with Crippen molar-refractivity contribution in [3.05, 3.63) is 0 Å². The molecular formula is C10H16O2. The number of ether oxygens (including phenoxy) is 1. The van der Waals surface area contributed by atoms with Crippen molar-refractivity contribution >= 4 is 0 Å². The van der Waals surface area contributed by atoms with Crippen LogP contribution in [0.4, 0.5) is 0 Å². The summed E-state index contributed by atoms with van der Waals surface area (Å²) in [6.07, 6.45) is 6.99. The maximum atomic E-state index is 9.51. The van der Waals surface area contributed by atoms with Gasteiger partial charge in [0.05, 0.1) is 18.3 Å². The van der Waals surface area contributed by atoms with E-state index >= 15 is 0 Å². The second-order valence-electron chi connectivity index (χ2n) is 4.67. The van der Waals surface area contributed by atoms with Gasteiger partial charge in [0.25, 0.3) is 0 Å². The average Bonchev–Trinajstić information content (AvgIpc) is 2.77. The molecule has 1 heterocycles. The van der Waals surface area contributed by atoms with Gasteiger partial charge in [-0.25, -0.2) is 0 Å². The molecule has 2 aliphatic carbocycles. The Balaban J connectivity index is 1.70. The minimum atomic E-state index is -0.0125. The van der Waals surface area contributed by atoms with Crippen LogP contribution in [0.3, 0.4) is 0 Å². The smallest absolute Gasteiger partial charge is 0.0844 e. The van der Waals surface area contributed by atoms with Crippen molar-refractivity contribution in [2.75, 3.05) is 0 Å². The molecule has 5 atom stereocenters. The van der Waals surface area contributed by atoms with Crippen molar-refractivity contribution in [2.45, 2.75) is 50.4 Å². The number of hydrogen-bond donors (Lipinski definition) is 1. The largest absolute Gasteiger partial charge is 0.393 e. The van der Waals surface area contributed by atoms with Gasteiger partial charge in [-0.15, -0.1) is 0 Å². The minimum absolute atomic E-state index is 0.0125. The zero-order valence-electron chi connectivity index (χ0n) is 7.28. The lowest BCUT2D eigenvalue weighted by Gasteiger charge is -2.35. The fourth-order valence-corrected chi connectivity index (χ4v) is 3.09. The van der Waals surface area contributed by atoms with Gasteiger partial charge in [0, 0.05) is 0 Å². The van der Waals surface area contributed by atoms with Gasteiger partial charge >= 0.3 is 0 Å². The van der Waals surface area contributed by atoms with E-state index in [1.807, 2.05) is 0 Å². The second kappa shape index (κ2) is 2.46. The maximum Gasteiger partial charge on any atom is 0.0844 e. The first kappa shape index (κ1) is 7.34. The van der Waals surface area contributed by atoms with E-state index in [1.165, 1.54) is 19.3 Å². The van der Waals surface area contributed by atoms with Crippen molar-refractivity contribution in [1.82, 2.24) is 0 Å². The highest BCUT2D eigenvalue weighted by Gasteiger charge is 2.49. The molecular weight excluding hydrogens is 152 g/mol. The number of rotatable bonds is 0. The van der Waals surface area contributed by atoms with Gasteiger partial charge < -0.3 is 9.84 Å². The highest BCUT2D eigenvalue weighted by atomic mass is 16.6. The maximum absolute atomic E-state index is 9.51. The fraction of sp³-hybridized carbons (Fsp3) is 1.00. The van der Waals surface area contributed by atoms with E-state index in [0.717, 1.165) is 24.7 Å². The van der Waals surface area contributed by atoms with E-state index in [-0.39, 0.29) is 6.10 Å². The van der Waals surface area contributed by atoms with Crippen LogP contribution in [0.1, 0.15) is 32.1 Å². The Morgan fingerprint density at radius 2 is 1.67 bits per heavy atom. The second-order valence-corrected chi connectivity index (χ2v) is 4.67. The Morgan fingerprint density at radius 1 is 0.917 bits per heavy atom. The molecule has 0 aromatic carbocycles. The van der Waals surface area contributed by atoms with Crippen LogP contribution in [-0.2, 0) is 4.74 Å². The first-order valence-corrected chi connectivity index (χ1v) is 5.16. The van der Waals surface area contributed by atoms with Crippen LogP contribution in [0, 0.1) is 11.8 Å². The van der Waals surface area contributed by atoms with E-state index in [9.17, 15) is 5.11 Å². The van der Waals surface area contributed by atoms with Crippen LogP contribution in [-0.4, -0.2) is 23.4 Å². The number of hydrogen-bond acceptors (Lipinski definition) is 2. The topological polar surface area (TPSA) is 32.8 Å². The lowest BCUT2D eigenvalue weighted by molar-refractivity contribution is 0.0553. The monoisotopic (exact) mass is 168 g/mol. The molecule has 0 spiro atoms. The quantitative estimate of drug-likeness (QED) is 0.553.